The smallest absolute Gasteiger partial charge is 0.271 e. The van der Waals surface area contributed by atoms with Gasteiger partial charge in [-0.15, -0.1) is 0 Å². The van der Waals surface area contributed by atoms with Crippen LogP contribution in [-0.4, -0.2) is 35.2 Å². The van der Waals surface area contributed by atoms with E-state index in [-0.39, 0.29) is 10.5 Å². The van der Waals surface area contributed by atoms with Gasteiger partial charge in [-0.25, -0.2) is 13.6 Å². The van der Waals surface area contributed by atoms with Gasteiger partial charge in [0, 0.05) is 19.7 Å². The molecule has 2 rings (SSSR count). The Hall–Kier alpha value is -1.94. The Balaban J connectivity index is 2.51. The SMILES string of the molecule is CN(C)S(=O)(=O)Nc1cccc(-c2[c]cccc2S(N)(=O)=O)c1. The molecule has 9 heteroatoms. The molecule has 1 radical (unpaired) electrons. The fourth-order valence-corrected chi connectivity index (χ4v) is 3.20. The fraction of sp³-hybridized carbons (Fsp3) is 0.143. The zero-order valence-electron chi connectivity index (χ0n) is 12.5. The van der Waals surface area contributed by atoms with Crippen molar-refractivity contribution in [2.45, 2.75) is 4.90 Å². The number of benzene rings is 2. The van der Waals surface area contributed by atoms with E-state index in [0.717, 1.165) is 4.31 Å². The first-order chi connectivity index (χ1) is 10.6. The standard InChI is InChI=1S/C14H16N3O4S2/c1-17(2)23(20,21)16-12-7-5-6-11(10-12)13-8-3-4-9-14(13)22(15,18)19/h3-7,9-10,16H,1-2H3,(H2,15,18,19). The molecule has 0 atom stereocenters. The van der Waals surface area contributed by atoms with Gasteiger partial charge in [0.2, 0.25) is 10.0 Å². The monoisotopic (exact) mass is 354 g/mol. The molecule has 0 aliphatic carbocycles. The molecule has 123 valence electrons. The van der Waals surface area contributed by atoms with Crippen molar-refractivity contribution < 1.29 is 16.8 Å². The number of nitrogens with zero attached hydrogens (tertiary/aromatic N) is 1. The van der Waals surface area contributed by atoms with Crippen molar-refractivity contribution in [3.63, 3.8) is 0 Å². The summed E-state index contributed by atoms with van der Waals surface area (Å²) in [6.07, 6.45) is 0. The number of nitrogens with two attached hydrogens (primary N) is 1. The maximum absolute atomic E-state index is 11.9. The van der Waals surface area contributed by atoms with Crippen LogP contribution in [0.3, 0.4) is 0 Å². The van der Waals surface area contributed by atoms with Crippen molar-refractivity contribution in [3.8, 4) is 11.1 Å². The Morgan fingerprint density at radius 3 is 2.39 bits per heavy atom. The molecule has 0 unspecified atom stereocenters. The van der Waals surface area contributed by atoms with Crippen LogP contribution in [0.4, 0.5) is 5.69 Å². The lowest BCUT2D eigenvalue weighted by Crippen LogP contribution is -2.28. The van der Waals surface area contributed by atoms with E-state index in [2.05, 4.69) is 10.8 Å². The minimum atomic E-state index is -3.92. The highest BCUT2D eigenvalue weighted by atomic mass is 32.2. The number of primary sulfonamides is 1. The summed E-state index contributed by atoms with van der Waals surface area (Å²) in [5, 5.41) is 5.21. The normalized spacial score (nSPS) is 12.3. The number of hydrogen-bond acceptors (Lipinski definition) is 4. The van der Waals surface area contributed by atoms with Crippen LogP contribution in [0.5, 0.6) is 0 Å². The van der Waals surface area contributed by atoms with Crippen molar-refractivity contribution >= 4 is 25.9 Å². The molecule has 2 aromatic rings. The van der Waals surface area contributed by atoms with E-state index in [1.807, 2.05) is 0 Å². The molecule has 0 fully saturated rings. The van der Waals surface area contributed by atoms with Gasteiger partial charge in [0.25, 0.3) is 0 Å². The van der Waals surface area contributed by atoms with Crippen molar-refractivity contribution in [2.75, 3.05) is 18.8 Å². The van der Waals surface area contributed by atoms with E-state index in [1.165, 1.54) is 32.3 Å². The van der Waals surface area contributed by atoms with Crippen LogP contribution in [0.15, 0.2) is 47.4 Å². The third-order valence-electron chi connectivity index (χ3n) is 3.00. The summed E-state index contributed by atoms with van der Waals surface area (Å²) in [6.45, 7) is 0. The Kier molecular flexibility index (Phi) is 4.76. The zero-order chi connectivity index (χ0) is 17.3. The van der Waals surface area contributed by atoms with Crippen LogP contribution < -0.4 is 9.86 Å². The summed E-state index contributed by atoms with van der Waals surface area (Å²) in [6, 6.07) is 13.6. The third-order valence-corrected chi connectivity index (χ3v) is 5.41. The van der Waals surface area contributed by atoms with Crippen LogP contribution in [0.2, 0.25) is 0 Å². The maximum atomic E-state index is 11.9. The van der Waals surface area contributed by atoms with Gasteiger partial charge in [-0.1, -0.05) is 24.3 Å². The molecule has 0 bridgehead atoms. The van der Waals surface area contributed by atoms with E-state index in [9.17, 15) is 16.8 Å². The average Bonchev–Trinajstić information content (AvgIpc) is 2.46. The summed E-state index contributed by atoms with van der Waals surface area (Å²) in [5.41, 5.74) is 1.06. The second kappa shape index (κ2) is 6.28. The van der Waals surface area contributed by atoms with Crippen LogP contribution >= 0.6 is 0 Å². The van der Waals surface area contributed by atoms with Gasteiger partial charge in [-0.05, 0) is 29.8 Å². The molecule has 2 aromatic carbocycles. The number of rotatable bonds is 5. The number of hydrogen-bond donors (Lipinski definition) is 2. The van der Waals surface area contributed by atoms with E-state index in [1.54, 1.807) is 24.3 Å². The van der Waals surface area contributed by atoms with Gasteiger partial charge in [0.05, 0.1) is 10.6 Å². The van der Waals surface area contributed by atoms with E-state index < -0.39 is 20.2 Å². The Morgan fingerprint density at radius 1 is 1.09 bits per heavy atom. The van der Waals surface area contributed by atoms with E-state index >= 15 is 0 Å². The molecule has 23 heavy (non-hydrogen) atoms. The first-order valence-corrected chi connectivity index (χ1v) is 9.44. The molecule has 0 saturated heterocycles. The highest BCUT2D eigenvalue weighted by Gasteiger charge is 2.16. The molecule has 0 heterocycles. The minimum absolute atomic E-state index is 0.0763. The maximum Gasteiger partial charge on any atom is 0.301 e. The molecule has 0 saturated carbocycles. The topological polar surface area (TPSA) is 110 Å². The predicted molar refractivity (Wildman–Crippen MR) is 88.3 cm³/mol. The molecular formula is C14H16N3O4S2. The summed E-state index contributed by atoms with van der Waals surface area (Å²) in [7, 11) is -4.78. The van der Waals surface area contributed by atoms with Gasteiger partial charge in [-0.3, -0.25) is 4.72 Å². The zero-order valence-corrected chi connectivity index (χ0v) is 14.1. The second-order valence-electron chi connectivity index (χ2n) is 4.92. The highest BCUT2D eigenvalue weighted by molar-refractivity contribution is 7.90. The molecule has 0 spiro atoms. The second-order valence-corrected chi connectivity index (χ2v) is 8.34. The fourth-order valence-electron chi connectivity index (χ4n) is 1.86. The van der Waals surface area contributed by atoms with Gasteiger partial charge >= 0.3 is 10.2 Å². The average molecular weight is 354 g/mol. The number of nitrogens with one attached hydrogen (secondary N) is 1. The van der Waals surface area contributed by atoms with E-state index in [0.29, 0.717) is 11.3 Å². The van der Waals surface area contributed by atoms with Gasteiger partial charge in [-0.2, -0.15) is 12.7 Å². The van der Waals surface area contributed by atoms with Crippen LogP contribution in [0, 0.1) is 6.07 Å². The van der Waals surface area contributed by atoms with E-state index in [4.69, 9.17) is 5.14 Å². The lowest BCUT2D eigenvalue weighted by molar-refractivity contribution is 0.527. The van der Waals surface area contributed by atoms with Crippen molar-refractivity contribution in [2.24, 2.45) is 5.14 Å². The van der Waals surface area contributed by atoms with Crippen molar-refractivity contribution in [3.05, 3.63) is 48.5 Å². The molecule has 3 N–H and O–H groups in total. The number of anilines is 1. The third kappa shape index (κ3) is 4.08. The Morgan fingerprint density at radius 2 is 1.78 bits per heavy atom. The quantitative estimate of drug-likeness (QED) is 0.835. The van der Waals surface area contributed by atoms with Crippen LogP contribution in [0.1, 0.15) is 0 Å². The largest absolute Gasteiger partial charge is 0.301 e. The summed E-state index contributed by atoms with van der Waals surface area (Å²) in [4.78, 5) is -0.0763. The number of sulfonamides is 1. The van der Waals surface area contributed by atoms with Crippen LogP contribution in [0.25, 0.3) is 11.1 Å². The first-order valence-electron chi connectivity index (χ1n) is 6.45. The summed E-state index contributed by atoms with van der Waals surface area (Å²) >= 11 is 0. The molecule has 0 aromatic heterocycles. The molecule has 7 nitrogen and oxygen atoms in total. The minimum Gasteiger partial charge on any atom is -0.271 e. The Labute approximate surface area is 136 Å². The lowest BCUT2D eigenvalue weighted by atomic mass is 10.1. The molecule has 0 amide bonds. The van der Waals surface area contributed by atoms with Crippen LogP contribution in [-0.2, 0) is 20.2 Å². The Bertz CT molecular complexity index is 923. The summed E-state index contributed by atoms with van der Waals surface area (Å²) < 4.78 is 50.5. The predicted octanol–water partition coefficient (Wildman–Crippen LogP) is 1.02. The highest BCUT2D eigenvalue weighted by Crippen LogP contribution is 2.28. The van der Waals surface area contributed by atoms with Gasteiger partial charge < -0.3 is 0 Å². The molecular weight excluding hydrogens is 338 g/mol. The van der Waals surface area contributed by atoms with Gasteiger partial charge in [0.1, 0.15) is 0 Å². The van der Waals surface area contributed by atoms with Crippen molar-refractivity contribution in [1.29, 1.82) is 0 Å². The molecule has 0 aliphatic rings. The summed E-state index contributed by atoms with van der Waals surface area (Å²) in [5.74, 6) is 0. The van der Waals surface area contributed by atoms with Crippen molar-refractivity contribution in [1.82, 2.24) is 4.31 Å². The first kappa shape index (κ1) is 17.4. The lowest BCUT2D eigenvalue weighted by Gasteiger charge is -2.14. The molecule has 0 aliphatic heterocycles. The van der Waals surface area contributed by atoms with Gasteiger partial charge in [0.15, 0.2) is 0 Å².